The highest BCUT2D eigenvalue weighted by Gasteiger charge is 2.65. The first-order chi connectivity index (χ1) is 14.4. The maximum absolute atomic E-state index is 11.1. The first kappa shape index (κ1) is 22.4. The van der Waals surface area contributed by atoms with E-state index >= 15 is 0 Å². The Hall–Kier alpha value is -0.420. The van der Waals surface area contributed by atoms with E-state index in [0.29, 0.717) is 24.2 Å². The highest BCUT2D eigenvalue weighted by Crippen LogP contribution is 2.68. The molecule has 31 heavy (non-hydrogen) atoms. The Labute approximate surface area is 188 Å². The van der Waals surface area contributed by atoms with Crippen molar-refractivity contribution >= 4 is 0 Å². The molecule has 5 rings (SSSR count). The number of ether oxygens (including phenoxy) is 1. The minimum absolute atomic E-state index is 0.148. The predicted molar refractivity (Wildman–Crippen MR) is 121 cm³/mol. The van der Waals surface area contributed by atoms with E-state index < -0.39 is 17.3 Å². The average molecular weight is 433 g/mol. The fourth-order valence-corrected chi connectivity index (χ4v) is 9.20. The van der Waals surface area contributed by atoms with Crippen molar-refractivity contribution in [2.45, 2.75) is 122 Å². The summed E-state index contributed by atoms with van der Waals surface area (Å²) >= 11 is 0. The van der Waals surface area contributed by atoms with E-state index in [-0.39, 0.29) is 23.0 Å². The average Bonchev–Trinajstić information content (AvgIpc) is 3.19. The Kier molecular flexibility index (Phi) is 5.08. The third kappa shape index (κ3) is 3.15. The minimum atomic E-state index is -0.931. The second-order valence-corrected chi connectivity index (χ2v) is 13.0. The van der Waals surface area contributed by atoms with Crippen molar-refractivity contribution in [1.82, 2.24) is 0 Å². The van der Waals surface area contributed by atoms with Gasteiger partial charge in [0.25, 0.3) is 0 Å². The van der Waals surface area contributed by atoms with Crippen molar-refractivity contribution in [3.05, 3.63) is 11.6 Å². The summed E-state index contributed by atoms with van der Waals surface area (Å²) in [6.07, 6.45) is 10.9. The van der Waals surface area contributed by atoms with E-state index in [4.69, 9.17) is 4.74 Å². The van der Waals surface area contributed by atoms with Gasteiger partial charge in [0.2, 0.25) is 0 Å². The lowest BCUT2D eigenvalue weighted by atomic mass is 9.46. The van der Waals surface area contributed by atoms with E-state index in [1.807, 2.05) is 0 Å². The number of fused-ring (bicyclic) bond motifs is 5. The molecule has 0 aromatic rings. The Morgan fingerprint density at radius 1 is 1.00 bits per heavy atom. The summed E-state index contributed by atoms with van der Waals surface area (Å²) in [4.78, 5) is 0. The number of rotatable bonds is 2. The van der Waals surface area contributed by atoms with Crippen LogP contribution in [0, 0.1) is 34.5 Å². The number of allylic oxidation sites excluding steroid dienone is 1. The van der Waals surface area contributed by atoms with Gasteiger partial charge in [-0.05, 0) is 107 Å². The van der Waals surface area contributed by atoms with Gasteiger partial charge in [0.15, 0.2) is 0 Å². The van der Waals surface area contributed by atoms with Gasteiger partial charge in [-0.1, -0.05) is 25.5 Å². The molecule has 4 aliphatic carbocycles. The lowest BCUT2D eigenvalue weighted by Crippen LogP contribution is -2.55. The fourth-order valence-electron chi connectivity index (χ4n) is 9.20. The predicted octanol–water partition coefficient (Wildman–Crippen LogP) is 4.61. The highest BCUT2D eigenvalue weighted by molar-refractivity contribution is 5.26. The number of aliphatic hydroxyl groups is 3. The lowest BCUT2D eigenvalue weighted by molar-refractivity contribution is -0.178. The summed E-state index contributed by atoms with van der Waals surface area (Å²) in [6.45, 7) is 10.7. The van der Waals surface area contributed by atoms with Gasteiger partial charge in [0.1, 0.15) is 0 Å². The number of hydrogen-bond donors (Lipinski definition) is 3. The summed E-state index contributed by atoms with van der Waals surface area (Å²) in [5, 5.41) is 31.9. The second kappa shape index (κ2) is 7.04. The molecule has 0 amide bonds. The van der Waals surface area contributed by atoms with E-state index in [9.17, 15) is 15.3 Å². The van der Waals surface area contributed by atoms with Crippen LogP contribution in [0.2, 0.25) is 0 Å². The maximum Gasteiger partial charge on any atom is 0.0951 e. The monoisotopic (exact) mass is 432 g/mol. The molecule has 1 heterocycles. The molecule has 10 atom stereocenters. The van der Waals surface area contributed by atoms with Crippen LogP contribution in [-0.2, 0) is 4.74 Å². The third-order valence-electron chi connectivity index (χ3n) is 11.1. The van der Waals surface area contributed by atoms with Gasteiger partial charge in [0.05, 0.1) is 29.5 Å². The first-order valence-corrected chi connectivity index (χ1v) is 12.9. The number of aliphatic hydroxyl groups excluding tert-OH is 2. The standard InChI is InChI=1S/C27H44O4/c1-24(2,30)23-15-22(29)27(5,31-23)21-9-8-19-18-7-6-16-14-17(28)10-12-25(16,3)20(18)11-13-26(19,21)4/h6,17-23,28-30H,7-15H2,1-5H3. The lowest BCUT2D eigenvalue weighted by Gasteiger charge is -2.59. The highest BCUT2D eigenvalue weighted by atomic mass is 16.5. The third-order valence-corrected chi connectivity index (χ3v) is 11.1. The molecule has 5 aliphatic rings. The van der Waals surface area contributed by atoms with Crippen LogP contribution in [0.1, 0.15) is 92.4 Å². The summed E-state index contributed by atoms with van der Waals surface area (Å²) in [7, 11) is 0. The van der Waals surface area contributed by atoms with Crippen molar-refractivity contribution in [3.63, 3.8) is 0 Å². The smallest absolute Gasteiger partial charge is 0.0951 e. The molecule has 4 fully saturated rings. The quantitative estimate of drug-likeness (QED) is 0.558. The van der Waals surface area contributed by atoms with Gasteiger partial charge in [-0.25, -0.2) is 0 Å². The topological polar surface area (TPSA) is 69.9 Å². The van der Waals surface area contributed by atoms with Crippen LogP contribution in [-0.4, -0.2) is 44.8 Å². The normalized spacial score (nSPS) is 54.7. The zero-order valence-corrected chi connectivity index (χ0v) is 20.2. The Balaban J connectivity index is 1.42. The second-order valence-electron chi connectivity index (χ2n) is 13.0. The van der Waals surface area contributed by atoms with Crippen LogP contribution in [0.25, 0.3) is 0 Å². The molecular formula is C27H44O4. The van der Waals surface area contributed by atoms with Gasteiger partial charge >= 0.3 is 0 Å². The van der Waals surface area contributed by atoms with E-state index in [1.54, 1.807) is 13.8 Å². The molecule has 10 unspecified atom stereocenters. The zero-order valence-electron chi connectivity index (χ0n) is 20.2. The summed E-state index contributed by atoms with van der Waals surface area (Å²) in [6, 6.07) is 0. The van der Waals surface area contributed by atoms with Crippen LogP contribution < -0.4 is 0 Å². The summed E-state index contributed by atoms with van der Waals surface area (Å²) < 4.78 is 6.54. The molecule has 176 valence electrons. The molecule has 0 bridgehead atoms. The molecule has 1 aliphatic heterocycles. The minimum Gasteiger partial charge on any atom is -0.393 e. The molecule has 0 aromatic carbocycles. The molecule has 0 spiro atoms. The first-order valence-electron chi connectivity index (χ1n) is 12.9. The molecule has 4 heteroatoms. The van der Waals surface area contributed by atoms with Crippen molar-refractivity contribution < 1.29 is 20.1 Å². The number of hydrogen-bond acceptors (Lipinski definition) is 4. The van der Waals surface area contributed by atoms with Gasteiger partial charge in [0, 0.05) is 6.42 Å². The Morgan fingerprint density at radius 3 is 2.42 bits per heavy atom. The molecular weight excluding hydrogens is 388 g/mol. The van der Waals surface area contributed by atoms with Crippen LogP contribution in [0.4, 0.5) is 0 Å². The molecule has 3 saturated carbocycles. The summed E-state index contributed by atoms with van der Waals surface area (Å²) in [5.41, 5.74) is 0.470. The van der Waals surface area contributed by atoms with Gasteiger partial charge < -0.3 is 20.1 Å². The Bertz CT molecular complexity index is 755. The van der Waals surface area contributed by atoms with E-state index in [1.165, 1.54) is 24.8 Å². The van der Waals surface area contributed by atoms with Gasteiger partial charge in [-0.3, -0.25) is 0 Å². The molecule has 0 aromatic heterocycles. The molecule has 0 radical (unpaired) electrons. The van der Waals surface area contributed by atoms with Gasteiger partial charge in [-0.2, -0.15) is 0 Å². The largest absolute Gasteiger partial charge is 0.393 e. The van der Waals surface area contributed by atoms with Crippen LogP contribution in [0.3, 0.4) is 0 Å². The van der Waals surface area contributed by atoms with Crippen molar-refractivity contribution in [3.8, 4) is 0 Å². The SMILES string of the molecule is CC(C)(O)C1CC(O)C(C)(C2CCC3C4CC=C5CC(O)CCC5(C)C4CCC32C)O1. The van der Waals surface area contributed by atoms with Crippen LogP contribution in [0.5, 0.6) is 0 Å². The van der Waals surface area contributed by atoms with Gasteiger partial charge in [-0.15, -0.1) is 0 Å². The van der Waals surface area contributed by atoms with Crippen molar-refractivity contribution in [2.24, 2.45) is 34.5 Å². The summed E-state index contributed by atoms with van der Waals surface area (Å²) in [5.74, 6) is 2.44. The zero-order chi connectivity index (χ0) is 22.4. The molecule has 1 saturated heterocycles. The molecule has 3 N–H and O–H groups in total. The fraction of sp³-hybridized carbons (Fsp3) is 0.926. The van der Waals surface area contributed by atoms with Crippen LogP contribution >= 0.6 is 0 Å². The van der Waals surface area contributed by atoms with Crippen molar-refractivity contribution in [2.75, 3.05) is 0 Å². The maximum atomic E-state index is 11.1. The molecule has 4 nitrogen and oxygen atoms in total. The van der Waals surface area contributed by atoms with Crippen LogP contribution in [0.15, 0.2) is 11.6 Å². The van der Waals surface area contributed by atoms with Crippen molar-refractivity contribution in [1.29, 1.82) is 0 Å². The Morgan fingerprint density at radius 2 is 1.74 bits per heavy atom. The van der Waals surface area contributed by atoms with E-state index in [0.717, 1.165) is 38.0 Å². The van der Waals surface area contributed by atoms with E-state index in [2.05, 4.69) is 26.8 Å².